The van der Waals surface area contributed by atoms with Gasteiger partial charge in [0.05, 0.1) is 6.61 Å². The monoisotopic (exact) mass is 345 g/mol. The number of aromatic nitrogens is 3. The van der Waals surface area contributed by atoms with Gasteiger partial charge in [-0.3, -0.25) is 0 Å². The second kappa shape index (κ2) is 8.06. The van der Waals surface area contributed by atoms with Gasteiger partial charge in [0.1, 0.15) is 11.6 Å². The third kappa shape index (κ3) is 4.12. The molecule has 3 rings (SSSR count). The van der Waals surface area contributed by atoms with E-state index in [-0.39, 0.29) is 0 Å². The first-order chi connectivity index (χ1) is 11.6. The van der Waals surface area contributed by atoms with E-state index < -0.39 is 0 Å². The summed E-state index contributed by atoms with van der Waals surface area (Å²) in [5.41, 5.74) is 2.42. The number of rotatable bonds is 6. The van der Waals surface area contributed by atoms with E-state index in [2.05, 4.69) is 53.7 Å². The lowest BCUT2D eigenvalue weighted by molar-refractivity contribution is 0.330. The topological polar surface area (TPSA) is 39.9 Å². The van der Waals surface area contributed by atoms with Crippen LogP contribution in [0, 0.1) is 20.8 Å². The molecule has 1 aliphatic rings. The molecule has 2 aromatic rings. The van der Waals surface area contributed by atoms with Crippen molar-refractivity contribution in [2.45, 2.75) is 64.1 Å². The van der Waals surface area contributed by atoms with Crippen molar-refractivity contribution in [3.05, 3.63) is 35.2 Å². The average molecular weight is 346 g/mol. The summed E-state index contributed by atoms with van der Waals surface area (Å²) in [7, 11) is 0. The van der Waals surface area contributed by atoms with E-state index >= 15 is 0 Å². The van der Waals surface area contributed by atoms with Gasteiger partial charge in [-0.15, -0.1) is 10.2 Å². The van der Waals surface area contributed by atoms with Crippen molar-refractivity contribution in [2.24, 2.45) is 0 Å². The fourth-order valence-corrected chi connectivity index (χ4v) is 4.22. The molecule has 1 aromatic carbocycles. The van der Waals surface area contributed by atoms with Crippen LogP contribution in [0.3, 0.4) is 0 Å². The second-order valence-electron chi connectivity index (χ2n) is 6.66. The van der Waals surface area contributed by atoms with Crippen molar-refractivity contribution < 1.29 is 4.74 Å². The number of ether oxygens (including phenoxy) is 1. The summed E-state index contributed by atoms with van der Waals surface area (Å²) in [6.07, 6.45) is 6.52. The van der Waals surface area contributed by atoms with Gasteiger partial charge in [0, 0.05) is 11.8 Å². The number of thioether (sulfide) groups is 1. The maximum atomic E-state index is 5.95. The molecule has 0 N–H and O–H groups in total. The molecule has 0 spiro atoms. The first kappa shape index (κ1) is 17.3. The largest absolute Gasteiger partial charge is 0.492 e. The third-order valence-corrected chi connectivity index (χ3v) is 5.60. The van der Waals surface area contributed by atoms with Gasteiger partial charge in [-0.25, -0.2) is 0 Å². The van der Waals surface area contributed by atoms with Crippen LogP contribution in [0.15, 0.2) is 23.4 Å². The number of nitrogens with zero attached hydrogens (tertiary/aromatic N) is 3. The lowest BCUT2D eigenvalue weighted by Crippen LogP contribution is -2.15. The van der Waals surface area contributed by atoms with Gasteiger partial charge in [-0.2, -0.15) is 0 Å². The van der Waals surface area contributed by atoms with Crippen LogP contribution in [0.2, 0.25) is 0 Å². The Morgan fingerprint density at radius 2 is 1.92 bits per heavy atom. The van der Waals surface area contributed by atoms with Crippen LogP contribution >= 0.6 is 11.8 Å². The van der Waals surface area contributed by atoms with Crippen LogP contribution in [0.1, 0.15) is 55.1 Å². The van der Waals surface area contributed by atoms with Gasteiger partial charge in [0.15, 0.2) is 5.16 Å². The Morgan fingerprint density at radius 1 is 1.12 bits per heavy atom. The van der Waals surface area contributed by atoms with Gasteiger partial charge >= 0.3 is 0 Å². The van der Waals surface area contributed by atoms with Crippen molar-refractivity contribution in [3.8, 4) is 5.75 Å². The van der Waals surface area contributed by atoms with Gasteiger partial charge in [-0.05, 0) is 50.8 Å². The Labute approximate surface area is 149 Å². The minimum atomic E-state index is 0.580. The molecule has 5 heteroatoms. The van der Waals surface area contributed by atoms with Crippen molar-refractivity contribution in [3.63, 3.8) is 0 Å². The van der Waals surface area contributed by atoms with Gasteiger partial charge < -0.3 is 9.30 Å². The van der Waals surface area contributed by atoms with Crippen molar-refractivity contribution in [1.82, 2.24) is 14.8 Å². The summed E-state index contributed by atoms with van der Waals surface area (Å²) >= 11 is 1.76. The summed E-state index contributed by atoms with van der Waals surface area (Å²) in [5, 5.41) is 9.74. The van der Waals surface area contributed by atoms with Crippen LogP contribution in [-0.2, 0) is 0 Å². The number of aryl methyl sites for hydroxylation is 3. The SMILES string of the molecule is Cc1ccc(C)c(OCCSc2nnc(C)n2C2CCCCC2)c1. The Balaban J connectivity index is 1.56. The number of benzene rings is 1. The van der Waals surface area contributed by atoms with Crippen LogP contribution in [-0.4, -0.2) is 27.1 Å². The Hall–Kier alpha value is -1.49. The predicted octanol–water partition coefficient (Wildman–Crippen LogP) is 4.88. The maximum absolute atomic E-state index is 5.95. The molecule has 1 fully saturated rings. The fourth-order valence-electron chi connectivity index (χ4n) is 3.36. The maximum Gasteiger partial charge on any atom is 0.191 e. The van der Waals surface area contributed by atoms with E-state index in [1.54, 1.807) is 11.8 Å². The quantitative estimate of drug-likeness (QED) is 0.552. The van der Waals surface area contributed by atoms with Crippen molar-refractivity contribution in [1.29, 1.82) is 0 Å². The van der Waals surface area contributed by atoms with Crippen LogP contribution in [0.5, 0.6) is 5.75 Å². The van der Waals surface area contributed by atoms with Crippen LogP contribution in [0.4, 0.5) is 0 Å². The summed E-state index contributed by atoms with van der Waals surface area (Å²) in [6, 6.07) is 6.92. The van der Waals surface area contributed by atoms with Crippen LogP contribution in [0.25, 0.3) is 0 Å². The molecule has 1 heterocycles. The minimum Gasteiger partial charge on any atom is -0.492 e. The molecule has 0 saturated heterocycles. The minimum absolute atomic E-state index is 0.580. The molecule has 0 radical (unpaired) electrons. The molecule has 4 nitrogen and oxygen atoms in total. The molecule has 1 aromatic heterocycles. The smallest absolute Gasteiger partial charge is 0.191 e. The van der Waals surface area contributed by atoms with Crippen LogP contribution < -0.4 is 4.74 Å². The second-order valence-corrected chi connectivity index (χ2v) is 7.72. The predicted molar refractivity (Wildman–Crippen MR) is 99.0 cm³/mol. The summed E-state index contributed by atoms with van der Waals surface area (Å²) < 4.78 is 8.30. The molecule has 130 valence electrons. The van der Waals surface area contributed by atoms with Crippen molar-refractivity contribution in [2.75, 3.05) is 12.4 Å². The van der Waals surface area contributed by atoms with E-state index in [0.29, 0.717) is 12.6 Å². The Kier molecular flexibility index (Phi) is 5.82. The molecular formula is C19H27N3OS. The van der Waals surface area contributed by atoms with Crippen molar-refractivity contribution >= 4 is 11.8 Å². The lowest BCUT2D eigenvalue weighted by atomic mass is 9.95. The third-order valence-electron chi connectivity index (χ3n) is 4.69. The zero-order valence-electron chi connectivity index (χ0n) is 14.9. The van der Waals surface area contributed by atoms with E-state index in [4.69, 9.17) is 4.74 Å². The van der Waals surface area contributed by atoms with Gasteiger partial charge in [0.2, 0.25) is 0 Å². The number of hydrogen-bond acceptors (Lipinski definition) is 4. The molecule has 0 aliphatic heterocycles. The fraction of sp³-hybridized carbons (Fsp3) is 0.579. The van der Waals surface area contributed by atoms with Gasteiger partial charge in [-0.1, -0.05) is 43.2 Å². The Morgan fingerprint density at radius 3 is 2.71 bits per heavy atom. The molecule has 24 heavy (non-hydrogen) atoms. The molecule has 1 aliphatic carbocycles. The molecule has 0 unspecified atom stereocenters. The normalized spacial score (nSPS) is 15.6. The molecule has 1 saturated carbocycles. The molecule has 0 amide bonds. The lowest BCUT2D eigenvalue weighted by Gasteiger charge is -2.25. The van der Waals surface area contributed by atoms with E-state index in [1.165, 1.54) is 43.2 Å². The Bertz CT molecular complexity index is 677. The summed E-state index contributed by atoms with van der Waals surface area (Å²) in [4.78, 5) is 0. The zero-order chi connectivity index (χ0) is 16.9. The highest BCUT2D eigenvalue weighted by Crippen LogP contribution is 2.32. The highest BCUT2D eigenvalue weighted by Gasteiger charge is 2.21. The average Bonchev–Trinajstić information content (AvgIpc) is 2.96. The molecule has 0 atom stereocenters. The van der Waals surface area contributed by atoms with E-state index in [9.17, 15) is 0 Å². The van der Waals surface area contributed by atoms with Gasteiger partial charge in [0.25, 0.3) is 0 Å². The first-order valence-corrected chi connectivity index (χ1v) is 9.88. The highest BCUT2D eigenvalue weighted by molar-refractivity contribution is 7.99. The number of hydrogen-bond donors (Lipinski definition) is 0. The van der Waals surface area contributed by atoms with E-state index in [1.807, 2.05) is 0 Å². The zero-order valence-corrected chi connectivity index (χ0v) is 15.7. The first-order valence-electron chi connectivity index (χ1n) is 8.89. The van der Waals surface area contributed by atoms with E-state index in [0.717, 1.165) is 22.5 Å². The molecular weight excluding hydrogens is 318 g/mol. The molecule has 0 bridgehead atoms. The summed E-state index contributed by atoms with van der Waals surface area (Å²) in [5.74, 6) is 2.92. The summed E-state index contributed by atoms with van der Waals surface area (Å²) in [6.45, 7) is 6.94. The highest BCUT2D eigenvalue weighted by atomic mass is 32.2. The standard InChI is InChI=1S/C19H27N3OS/c1-14-9-10-15(2)18(13-14)23-11-12-24-19-21-20-16(3)22(19)17-7-5-4-6-8-17/h9-10,13,17H,4-8,11-12H2,1-3H3.